The smallest absolute Gasteiger partial charge is 0.235 e. The van der Waals surface area contributed by atoms with Crippen LogP contribution in [0.1, 0.15) is 21.5 Å². The Bertz CT molecular complexity index is 915. The van der Waals surface area contributed by atoms with Crippen molar-refractivity contribution in [2.24, 2.45) is 0 Å². The standard InChI is InChI=1S/C19H16ClN3OS.CH4O/c1-12-5-3-6-13(2)18(12)16-10-17(20)22-19(21-16)23-25-15-8-4-7-14(9-15)11-24;1-2/h3-11H,1-2H3,(H,21,22,23);2H,1H3. The minimum Gasteiger partial charge on any atom is -0.400 e. The van der Waals surface area contributed by atoms with E-state index in [1.807, 2.05) is 44.2 Å². The number of aliphatic hydroxyl groups is 1. The summed E-state index contributed by atoms with van der Waals surface area (Å²) in [7, 11) is 1.00. The Kier molecular flexibility index (Phi) is 7.79. The molecule has 0 spiro atoms. The minimum atomic E-state index is 0.373. The Morgan fingerprint density at radius 3 is 2.37 bits per heavy atom. The molecule has 2 N–H and O–H groups in total. The fourth-order valence-electron chi connectivity index (χ4n) is 2.57. The predicted molar refractivity (Wildman–Crippen MR) is 111 cm³/mol. The monoisotopic (exact) mass is 401 g/mol. The molecular formula is C20H20ClN3O2S. The molecule has 0 aliphatic rings. The number of anilines is 1. The number of nitrogens with zero attached hydrogens (tertiary/aromatic N) is 2. The molecule has 0 aliphatic heterocycles. The number of aliphatic hydroxyl groups excluding tert-OH is 1. The van der Waals surface area contributed by atoms with Gasteiger partial charge in [0.25, 0.3) is 0 Å². The van der Waals surface area contributed by atoms with Crippen molar-refractivity contribution < 1.29 is 9.90 Å². The van der Waals surface area contributed by atoms with Gasteiger partial charge in [-0.1, -0.05) is 41.9 Å². The van der Waals surface area contributed by atoms with Gasteiger partial charge in [0.15, 0.2) is 0 Å². The van der Waals surface area contributed by atoms with Crippen molar-refractivity contribution in [3.8, 4) is 11.3 Å². The third kappa shape index (κ3) is 5.53. The number of hydrogen-bond donors (Lipinski definition) is 2. The highest BCUT2D eigenvalue weighted by atomic mass is 35.5. The zero-order valence-corrected chi connectivity index (χ0v) is 16.8. The van der Waals surface area contributed by atoms with E-state index >= 15 is 0 Å². The largest absolute Gasteiger partial charge is 0.400 e. The first-order valence-corrected chi connectivity index (χ1v) is 9.30. The summed E-state index contributed by atoms with van der Waals surface area (Å²) < 4.78 is 3.10. The van der Waals surface area contributed by atoms with E-state index in [1.54, 1.807) is 18.2 Å². The molecule has 3 aromatic rings. The molecule has 0 saturated carbocycles. The van der Waals surface area contributed by atoms with Crippen molar-refractivity contribution in [3.63, 3.8) is 0 Å². The first-order chi connectivity index (χ1) is 13.1. The number of aldehydes is 1. The van der Waals surface area contributed by atoms with Crippen molar-refractivity contribution in [3.05, 3.63) is 70.4 Å². The van der Waals surface area contributed by atoms with Crippen LogP contribution in [-0.4, -0.2) is 28.5 Å². The van der Waals surface area contributed by atoms with Crippen LogP contribution in [0.2, 0.25) is 5.15 Å². The van der Waals surface area contributed by atoms with Crippen LogP contribution in [-0.2, 0) is 0 Å². The zero-order valence-electron chi connectivity index (χ0n) is 15.2. The fourth-order valence-corrected chi connectivity index (χ4v) is 3.39. The normalized spacial score (nSPS) is 9.96. The van der Waals surface area contributed by atoms with Gasteiger partial charge in [0.1, 0.15) is 11.4 Å². The first kappa shape index (κ1) is 20.9. The average Bonchev–Trinajstić information content (AvgIpc) is 2.68. The molecule has 0 atom stereocenters. The summed E-state index contributed by atoms with van der Waals surface area (Å²) in [6.07, 6.45) is 0.818. The van der Waals surface area contributed by atoms with Crippen LogP contribution in [0.3, 0.4) is 0 Å². The lowest BCUT2D eigenvalue weighted by Crippen LogP contribution is -1.99. The molecule has 0 radical (unpaired) electrons. The van der Waals surface area contributed by atoms with Crippen LogP contribution in [0, 0.1) is 13.8 Å². The number of nitrogens with one attached hydrogen (secondary N) is 1. The van der Waals surface area contributed by atoms with Gasteiger partial charge in [-0.2, -0.15) is 0 Å². The van der Waals surface area contributed by atoms with Gasteiger partial charge in [-0.15, -0.1) is 0 Å². The molecule has 7 heteroatoms. The molecule has 0 bridgehead atoms. The number of carbonyl (C=O) groups is 1. The second kappa shape index (κ2) is 10.1. The van der Waals surface area contributed by atoms with Crippen LogP contribution in [0.25, 0.3) is 11.3 Å². The van der Waals surface area contributed by atoms with Crippen molar-refractivity contribution >= 4 is 35.8 Å². The molecule has 0 amide bonds. The van der Waals surface area contributed by atoms with Crippen molar-refractivity contribution in [2.75, 3.05) is 11.8 Å². The summed E-state index contributed by atoms with van der Waals surface area (Å²) in [6, 6.07) is 15.2. The van der Waals surface area contributed by atoms with Crippen LogP contribution in [0.4, 0.5) is 5.95 Å². The molecule has 27 heavy (non-hydrogen) atoms. The molecule has 5 nitrogen and oxygen atoms in total. The molecule has 140 valence electrons. The highest BCUT2D eigenvalue weighted by Gasteiger charge is 2.10. The van der Waals surface area contributed by atoms with E-state index in [9.17, 15) is 4.79 Å². The SMILES string of the molecule is CO.Cc1cccc(C)c1-c1cc(Cl)nc(NSc2cccc(C=O)c2)n1. The van der Waals surface area contributed by atoms with E-state index in [1.165, 1.54) is 11.9 Å². The van der Waals surface area contributed by atoms with Crippen LogP contribution >= 0.6 is 23.5 Å². The van der Waals surface area contributed by atoms with E-state index < -0.39 is 0 Å². The number of halogens is 1. The number of benzene rings is 2. The molecule has 0 unspecified atom stereocenters. The Hall–Kier alpha value is -2.41. The first-order valence-electron chi connectivity index (χ1n) is 8.11. The second-order valence-corrected chi connectivity index (χ2v) is 6.83. The summed E-state index contributed by atoms with van der Waals surface area (Å²) in [5, 5.41) is 7.37. The molecule has 3 rings (SSSR count). The summed E-state index contributed by atoms with van der Waals surface area (Å²) in [4.78, 5) is 20.6. The topological polar surface area (TPSA) is 75.1 Å². The van der Waals surface area contributed by atoms with Gasteiger partial charge in [-0.3, -0.25) is 9.52 Å². The predicted octanol–water partition coefficient (Wildman–Crippen LogP) is 4.95. The van der Waals surface area contributed by atoms with Crippen LogP contribution < -0.4 is 4.72 Å². The van der Waals surface area contributed by atoms with Crippen molar-refractivity contribution in [1.29, 1.82) is 0 Å². The summed E-state index contributed by atoms with van der Waals surface area (Å²) in [5.74, 6) is 0.423. The Labute approximate surface area is 168 Å². The van der Waals surface area contributed by atoms with E-state index in [4.69, 9.17) is 16.7 Å². The lowest BCUT2D eigenvalue weighted by molar-refractivity contribution is 0.112. The molecule has 0 saturated heterocycles. The Morgan fingerprint density at radius 2 is 1.70 bits per heavy atom. The van der Waals surface area contributed by atoms with Gasteiger partial charge in [0.2, 0.25) is 5.95 Å². The molecule has 0 fully saturated rings. The number of hydrogen-bond acceptors (Lipinski definition) is 6. The fraction of sp³-hybridized carbons (Fsp3) is 0.150. The molecule has 1 heterocycles. The lowest BCUT2D eigenvalue weighted by atomic mass is 10.00. The Balaban J connectivity index is 0.00000126. The summed E-state index contributed by atoms with van der Waals surface area (Å²) >= 11 is 7.52. The average molecular weight is 402 g/mol. The number of aryl methyl sites for hydroxylation is 2. The Morgan fingerprint density at radius 1 is 1.04 bits per heavy atom. The van der Waals surface area contributed by atoms with E-state index in [2.05, 4.69) is 14.7 Å². The third-order valence-corrected chi connectivity index (χ3v) is 4.65. The summed E-state index contributed by atoms with van der Waals surface area (Å²) in [5.41, 5.74) is 4.72. The number of aromatic nitrogens is 2. The second-order valence-electron chi connectivity index (χ2n) is 5.56. The number of rotatable bonds is 5. The zero-order chi connectivity index (χ0) is 19.8. The van der Waals surface area contributed by atoms with Gasteiger partial charge in [0.05, 0.1) is 5.69 Å². The maximum Gasteiger partial charge on any atom is 0.235 e. The highest BCUT2D eigenvalue weighted by Crippen LogP contribution is 2.29. The minimum absolute atomic E-state index is 0.373. The molecule has 2 aromatic carbocycles. The van der Waals surface area contributed by atoms with Crippen molar-refractivity contribution in [1.82, 2.24) is 9.97 Å². The molecular weight excluding hydrogens is 382 g/mol. The van der Waals surface area contributed by atoms with Gasteiger partial charge < -0.3 is 5.11 Å². The van der Waals surface area contributed by atoms with Crippen molar-refractivity contribution in [2.45, 2.75) is 18.7 Å². The maximum atomic E-state index is 10.9. The molecule has 1 aromatic heterocycles. The van der Waals surface area contributed by atoms with Gasteiger partial charge in [-0.05, 0) is 49.1 Å². The van der Waals surface area contributed by atoms with Crippen LogP contribution in [0.15, 0.2) is 53.4 Å². The van der Waals surface area contributed by atoms with Crippen LogP contribution in [0.5, 0.6) is 0 Å². The third-order valence-electron chi connectivity index (χ3n) is 3.69. The van der Waals surface area contributed by atoms with E-state index in [0.717, 1.165) is 40.7 Å². The van der Waals surface area contributed by atoms with Gasteiger partial charge in [-0.25, -0.2) is 9.97 Å². The van der Waals surface area contributed by atoms with E-state index in [0.29, 0.717) is 16.7 Å². The molecule has 0 aliphatic carbocycles. The number of carbonyl (C=O) groups excluding carboxylic acids is 1. The van der Waals surface area contributed by atoms with Gasteiger partial charge in [0, 0.05) is 29.2 Å². The van der Waals surface area contributed by atoms with E-state index in [-0.39, 0.29) is 0 Å². The quantitative estimate of drug-likeness (QED) is 0.357. The lowest BCUT2D eigenvalue weighted by Gasteiger charge is -2.11. The summed E-state index contributed by atoms with van der Waals surface area (Å²) in [6.45, 7) is 4.09. The maximum absolute atomic E-state index is 10.9. The highest BCUT2D eigenvalue weighted by molar-refractivity contribution is 8.00. The van der Waals surface area contributed by atoms with Gasteiger partial charge >= 0.3 is 0 Å².